The molecule has 2 heterocycles. The molecule has 2 fully saturated rings. The van der Waals surface area contributed by atoms with E-state index in [0.717, 1.165) is 64.3 Å². The summed E-state index contributed by atoms with van der Waals surface area (Å²) in [5.41, 5.74) is 2.64. The molecule has 2 saturated heterocycles. The van der Waals surface area contributed by atoms with E-state index in [2.05, 4.69) is 24.0 Å². The number of aryl methyl sites for hydroxylation is 1. The highest BCUT2D eigenvalue weighted by Crippen LogP contribution is 2.44. The van der Waals surface area contributed by atoms with Crippen molar-refractivity contribution in [3.05, 3.63) is 35.4 Å². The maximum Gasteiger partial charge on any atom is 0.226 e. The van der Waals surface area contributed by atoms with Gasteiger partial charge in [0, 0.05) is 32.2 Å². The van der Waals surface area contributed by atoms with E-state index >= 15 is 0 Å². The molecule has 25 heavy (non-hydrogen) atoms. The highest BCUT2D eigenvalue weighted by atomic mass is 16.5. The number of carbonyl (C=O) groups excluding carboxylic acids is 1. The van der Waals surface area contributed by atoms with Gasteiger partial charge in [0.05, 0.1) is 19.6 Å². The van der Waals surface area contributed by atoms with Crippen LogP contribution in [-0.2, 0) is 20.7 Å². The summed E-state index contributed by atoms with van der Waals surface area (Å²) in [6.07, 6.45) is 3.77. The maximum atomic E-state index is 12.7. The normalized spacial score (nSPS) is 23.0. The van der Waals surface area contributed by atoms with Crippen molar-refractivity contribution >= 4 is 5.91 Å². The third-order valence-electron chi connectivity index (χ3n) is 6.17. The second-order valence-electron chi connectivity index (χ2n) is 7.53. The van der Waals surface area contributed by atoms with Gasteiger partial charge in [0.1, 0.15) is 0 Å². The van der Waals surface area contributed by atoms with Crippen LogP contribution >= 0.6 is 0 Å². The van der Waals surface area contributed by atoms with Crippen LogP contribution in [0.3, 0.4) is 0 Å². The molecule has 0 aliphatic carbocycles. The van der Waals surface area contributed by atoms with Crippen molar-refractivity contribution in [1.82, 2.24) is 4.90 Å². The molecule has 3 rings (SSSR count). The quantitative estimate of drug-likeness (QED) is 0.822. The summed E-state index contributed by atoms with van der Waals surface area (Å²) in [5, 5.41) is 0. The lowest BCUT2D eigenvalue weighted by atomic mass is 9.66. The Labute approximate surface area is 151 Å². The molecule has 1 unspecified atom stereocenters. The van der Waals surface area contributed by atoms with E-state index in [1.807, 2.05) is 19.1 Å². The van der Waals surface area contributed by atoms with Crippen LogP contribution in [0.4, 0.5) is 0 Å². The first-order valence-electron chi connectivity index (χ1n) is 9.62. The van der Waals surface area contributed by atoms with Crippen LogP contribution in [-0.4, -0.2) is 50.3 Å². The summed E-state index contributed by atoms with van der Waals surface area (Å²) < 4.78 is 11.4. The molecule has 0 bridgehead atoms. The summed E-state index contributed by atoms with van der Waals surface area (Å²) >= 11 is 0. The largest absolute Gasteiger partial charge is 0.381 e. The third-order valence-corrected chi connectivity index (χ3v) is 6.17. The van der Waals surface area contributed by atoms with Crippen molar-refractivity contribution in [2.45, 2.75) is 39.5 Å². The number of ether oxygens (including phenoxy) is 2. The first kappa shape index (κ1) is 18.4. The molecule has 0 radical (unpaired) electrons. The zero-order valence-electron chi connectivity index (χ0n) is 15.6. The highest BCUT2D eigenvalue weighted by Gasteiger charge is 2.44. The molecule has 1 aromatic carbocycles. The second-order valence-corrected chi connectivity index (χ2v) is 7.53. The Bertz CT molecular complexity index is 578. The van der Waals surface area contributed by atoms with E-state index in [4.69, 9.17) is 9.47 Å². The van der Waals surface area contributed by atoms with E-state index in [1.54, 1.807) is 0 Å². The number of hydrogen-bond donors (Lipinski definition) is 0. The van der Waals surface area contributed by atoms with Crippen molar-refractivity contribution in [1.29, 1.82) is 0 Å². The Morgan fingerprint density at radius 1 is 1.28 bits per heavy atom. The first-order chi connectivity index (χ1) is 12.1. The van der Waals surface area contributed by atoms with Gasteiger partial charge < -0.3 is 14.4 Å². The van der Waals surface area contributed by atoms with Gasteiger partial charge in [-0.25, -0.2) is 0 Å². The van der Waals surface area contributed by atoms with Crippen molar-refractivity contribution in [2.75, 3.05) is 39.5 Å². The van der Waals surface area contributed by atoms with Gasteiger partial charge in [-0.05, 0) is 49.7 Å². The molecule has 0 aromatic heterocycles. The fraction of sp³-hybridized carbons (Fsp3) is 0.667. The van der Waals surface area contributed by atoms with Crippen molar-refractivity contribution < 1.29 is 14.3 Å². The summed E-state index contributed by atoms with van der Waals surface area (Å²) in [6.45, 7) is 9.05. The Morgan fingerprint density at radius 2 is 2.04 bits per heavy atom. The van der Waals surface area contributed by atoms with Crippen molar-refractivity contribution in [3.8, 4) is 0 Å². The van der Waals surface area contributed by atoms with E-state index in [-0.39, 0.29) is 5.91 Å². The second kappa shape index (κ2) is 8.33. The molecular formula is C21H31NO3. The van der Waals surface area contributed by atoms with Crippen LogP contribution in [0.5, 0.6) is 0 Å². The van der Waals surface area contributed by atoms with Crippen LogP contribution in [0.25, 0.3) is 0 Å². The minimum atomic E-state index is 0.262. The topological polar surface area (TPSA) is 38.8 Å². The van der Waals surface area contributed by atoms with Gasteiger partial charge >= 0.3 is 0 Å². The van der Waals surface area contributed by atoms with Crippen molar-refractivity contribution in [2.24, 2.45) is 11.3 Å². The van der Waals surface area contributed by atoms with Crippen molar-refractivity contribution in [3.63, 3.8) is 0 Å². The van der Waals surface area contributed by atoms with E-state index in [9.17, 15) is 4.79 Å². The molecule has 0 N–H and O–H groups in total. The molecule has 4 heteroatoms. The van der Waals surface area contributed by atoms with Crippen LogP contribution in [0.1, 0.15) is 37.3 Å². The van der Waals surface area contributed by atoms with Crippen LogP contribution in [0.2, 0.25) is 0 Å². The van der Waals surface area contributed by atoms with E-state index < -0.39 is 0 Å². The molecule has 1 spiro atoms. The average Bonchev–Trinajstić information content (AvgIpc) is 2.63. The zero-order chi connectivity index (χ0) is 17.7. The number of likely N-dealkylation sites (tertiary alicyclic amines) is 1. The molecule has 1 aromatic rings. The predicted octanol–water partition coefficient (Wildman–Crippen LogP) is 3.22. The minimum absolute atomic E-state index is 0.262. The van der Waals surface area contributed by atoms with Gasteiger partial charge in [-0.3, -0.25) is 4.79 Å². The maximum absolute atomic E-state index is 12.7. The molecule has 2 aliphatic heterocycles. The number of amides is 1. The van der Waals surface area contributed by atoms with Gasteiger partial charge in [0.25, 0.3) is 0 Å². The average molecular weight is 345 g/mol. The van der Waals surface area contributed by atoms with E-state index in [1.165, 1.54) is 5.56 Å². The highest BCUT2D eigenvalue weighted by molar-refractivity contribution is 5.79. The summed E-state index contributed by atoms with van der Waals surface area (Å²) in [7, 11) is 0. The van der Waals surface area contributed by atoms with Gasteiger partial charge in [0.15, 0.2) is 0 Å². The minimum Gasteiger partial charge on any atom is -0.381 e. The number of nitrogens with zero attached hydrogens (tertiary/aromatic N) is 1. The number of hydrogen-bond acceptors (Lipinski definition) is 3. The fourth-order valence-electron chi connectivity index (χ4n) is 4.31. The predicted molar refractivity (Wildman–Crippen MR) is 98.5 cm³/mol. The zero-order valence-corrected chi connectivity index (χ0v) is 15.6. The lowest BCUT2D eigenvalue weighted by Crippen LogP contribution is -2.50. The Balaban J connectivity index is 1.58. The number of carbonyl (C=O) groups is 1. The lowest BCUT2D eigenvalue weighted by Gasteiger charge is -2.49. The van der Waals surface area contributed by atoms with Gasteiger partial charge in [-0.15, -0.1) is 0 Å². The van der Waals surface area contributed by atoms with Gasteiger partial charge in [-0.2, -0.15) is 0 Å². The Morgan fingerprint density at radius 3 is 2.76 bits per heavy atom. The molecular weight excluding hydrogens is 314 g/mol. The Kier molecular flexibility index (Phi) is 6.13. The van der Waals surface area contributed by atoms with Crippen LogP contribution < -0.4 is 0 Å². The van der Waals surface area contributed by atoms with E-state index in [0.29, 0.717) is 17.8 Å². The molecule has 2 aliphatic rings. The SMILES string of the molecule is CCOCC1COCCC12CCN(C(=O)Cc1ccccc1C)CC2. The summed E-state index contributed by atoms with van der Waals surface area (Å²) in [4.78, 5) is 14.8. The van der Waals surface area contributed by atoms with Gasteiger partial charge in [0.2, 0.25) is 5.91 Å². The molecule has 4 nitrogen and oxygen atoms in total. The summed E-state index contributed by atoms with van der Waals surface area (Å²) in [6, 6.07) is 8.18. The smallest absolute Gasteiger partial charge is 0.226 e. The molecule has 138 valence electrons. The lowest BCUT2D eigenvalue weighted by molar-refractivity contribution is -0.138. The molecule has 1 atom stereocenters. The molecule has 0 saturated carbocycles. The summed E-state index contributed by atoms with van der Waals surface area (Å²) in [5.74, 6) is 0.729. The third kappa shape index (κ3) is 4.24. The standard InChI is InChI=1S/C21H31NO3/c1-3-24-15-19-16-25-13-10-21(19)8-11-22(12-9-21)20(23)14-18-7-5-4-6-17(18)2/h4-7,19H,3,8-16H2,1-2H3. The fourth-order valence-corrected chi connectivity index (χ4v) is 4.31. The number of piperidine rings is 1. The molecule has 1 amide bonds. The monoisotopic (exact) mass is 345 g/mol. The Hall–Kier alpha value is -1.39. The number of rotatable bonds is 5. The van der Waals surface area contributed by atoms with Crippen LogP contribution in [0, 0.1) is 18.3 Å². The van der Waals surface area contributed by atoms with Crippen LogP contribution in [0.15, 0.2) is 24.3 Å². The number of benzene rings is 1. The first-order valence-corrected chi connectivity index (χ1v) is 9.62. The van der Waals surface area contributed by atoms with Gasteiger partial charge in [-0.1, -0.05) is 24.3 Å².